The van der Waals surface area contributed by atoms with Gasteiger partial charge in [0.05, 0.1) is 6.61 Å². The van der Waals surface area contributed by atoms with E-state index in [1.807, 2.05) is 12.1 Å². The molecule has 0 aliphatic carbocycles. The van der Waals surface area contributed by atoms with Gasteiger partial charge in [-0.3, -0.25) is 0 Å². The minimum absolute atomic E-state index is 0.0273. The number of benzene rings is 1. The summed E-state index contributed by atoms with van der Waals surface area (Å²) < 4.78 is 10.7. The van der Waals surface area contributed by atoms with Gasteiger partial charge in [0, 0.05) is 0 Å². The molecule has 1 aliphatic rings. The van der Waals surface area contributed by atoms with Crippen LogP contribution in [0.3, 0.4) is 0 Å². The summed E-state index contributed by atoms with van der Waals surface area (Å²) in [6.45, 7) is 4.61. The van der Waals surface area contributed by atoms with Crippen molar-refractivity contribution >= 4 is 0 Å². The first-order valence-electron chi connectivity index (χ1n) is 8.21. The Hall–Kier alpha value is -1.06. The Balaban J connectivity index is 1.59. The first kappa shape index (κ1) is 16.3. The second kappa shape index (κ2) is 8.40. The number of hydrogen-bond donors (Lipinski definition) is 1. The van der Waals surface area contributed by atoms with Gasteiger partial charge in [-0.2, -0.15) is 0 Å². The summed E-state index contributed by atoms with van der Waals surface area (Å²) in [5.41, 5.74) is 1.36. The van der Waals surface area contributed by atoms with Crippen molar-refractivity contribution in [1.29, 1.82) is 0 Å². The van der Waals surface area contributed by atoms with Gasteiger partial charge in [0.1, 0.15) is 11.9 Å². The van der Waals surface area contributed by atoms with Crippen LogP contribution in [0, 0.1) is 5.92 Å². The maximum atomic E-state index is 8.88. The van der Waals surface area contributed by atoms with Crippen molar-refractivity contribution in [3.63, 3.8) is 0 Å². The molecule has 0 aromatic heterocycles. The lowest BCUT2D eigenvalue weighted by Crippen LogP contribution is -2.06. The molecule has 0 spiro atoms. The number of rotatable bonds is 10. The maximum Gasteiger partial charge on any atom is 0.229 e. The largest absolute Gasteiger partial charge is 0.462 e. The molecule has 0 radical (unpaired) electrons. The third-order valence-corrected chi connectivity index (χ3v) is 3.89. The van der Waals surface area contributed by atoms with Crippen LogP contribution >= 0.6 is 0 Å². The van der Waals surface area contributed by atoms with Crippen molar-refractivity contribution in [2.24, 2.45) is 5.92 Å². The molecule has 1 saturated heterocycles. The minimum atomic E-state index is -0.262. The molecule has 1 aromatic carbocycles. The zero-order valence-corrected chi connectivity index (χ0v) is 13.3. The molecule has 1 fully saturated rings. The van der Waals surface area contributed by atoms with Crippen LogP contribution in [-0.2, 0) is 11.2 Å². The highest BCUT2D eigenvalue weighted by molar-refractivity contribution is 5.27. The summed E-state index contributed by atoms with van der Waals surface area (Å²) in [6, 6.07) is 8.23. The summed E-state index contributed by atoms with van der Waals surface area (Å²) in [5, 5.41) is 8.88. The number of aliphatic hydroxyl groups excluding tert-OH is 1. The van der Waals surface area contributed by atoms with E-state index in [1.165, 1.54) is 37.7 Å². The van der Waals surface area contributed by atoms with E-state index >= 15 is 0 Å². The van der Waals surface area contributed by atoms with Gasteiger partial charge in [0.15, 0.2) is 0 Å². The fourth-order valence-corrected chi connectivity index (χ4v) is 2.46. The highest BCUT2D eigenvalue weighted by Crippen LogP contribution is 2.26. The summed E-state index contributed by atoms with van der Waals surface area (Å²) in [7, 11) is 0. The van der Waals surface area contributed by atoms with Crippen molar-refractivity contribution in [2.75, 3.05) is 6.61 Å². The average molecular weight is 292 g/mol. The molecule has 3 nitrogen and oxygen atoms in total. The van der Waals surface area contributed by atoms with E-state index in [1.54, 1.807) is 0 Å². The summed E-state index contributed by atoms with van der Waals surface area (Å²) >= 11 is 0. The zero-order valence-electron chi connectivity index (χ0n) is 13.3. The lowest BCUT2D eigenvalue weighted by Gasteiger charge is -2.06. The third kappa shape index (κ3) is 6.06. The molecule has 2 unspecified atom stereocenters. The fraction of sp³-hybridized carbons (Fsp3) is 0.667. The molecule has 0 saturated carbocycles. The van der Waals surface area contributed by atoms with Crippen molar-refractivity contribution in [3.8, 4) is 5.75 Å². The fourth-order valence-electron chi connectivity index (χ4n) is 2.46. The van der Waals surface area contributed by atoms with Gasteiger partial charge in [0.25, 0.3) is 0 Å². The van der Waals surface area contributed by atoms with Crippen molar-refractivity contribution < 1.29 is 14.6 Å². The summed E-state index contributed by atoms with van der Waals surface area (Å²) in [4.78, 5) is 0. The van der Waals surface area contributed by atoms with E-state index < -0.39 is 0 Å². The highest BCUT2D eigenvalue weighted by atomic mass is 16.8. The van der Waals surface area contributed by atoms with Crippen LogP contribution in [0.25, 0.3) is 0 Å². The molecular formula is C18H28O3. The van der Waals surface area contributed by atoms with Crippen LogP contribution in [0.5, 0.6) is 5.75 Å². The van der Waals surface area contributed by atoms with Crippen molar-refractivity contribution in [3.05, 3.63) is 29.8 Å². The second-order valence-electron chi connectivity index (χ2n) is 6.33. The molecule has 2 rings (SSSR count). The van der Waals surface area contributed by atoms with Crippen LogP contribution < -0.4 is 4.74 Å². The number of unbranched alkanes of at least 4 members (excludes halogenated alkanes) is 3. The molecule has 118 valence electrons. The summed E-state index contributed by atoms with van der Waals surface area (Å²) in [5.74, 6) is 1.65. The Morgan fingerprint density at radius 3 is 2.43 bits per heavy atom. The van der Waals surface area contributed by atoms with Gasteiger partial charge >= 0.3 is 0 Å². The highest BCUT2D eigenvalue weighted by Gasteiger charge is 2.40. The number of hydrogen-bond acceptors (Lipinski definition) is 3. The van der Waals surface area contributed by atoms with E-state index in [0.717, 1.165) is 18.1 Å². The van der Waals surface area contributed by atoms with Crippen molar-refractivity contribution in [1.82, 2.24) is 0 Å². The Kier molecular flexibility index (Phi) is 6.52. The van der Waals surface area contributed by atoms with Gasteiger partial charge < -0.3 is 14.6 Å². The smallest absolute Gasteiger partial charge is 0.229 e. The average Bonchev–Trinajstić information content (AvgIpc) is 3.22. The van der Waals surface area contributed by atoms with E-state index in [4.69, 9.17) is 14.6 Å². The molecular weight excluding hydrogens is 264 g/mol. The number of aliphatic hydroxyl groups is 1. The van der Waals surface area contributed by atoms with E-state index in [2.05, 4.69) is 26.0 Å². The molecule has 1 aromatic rings. The van der Waals surface area contributed by atoms with E-state index in [-0.39, 0.29) is 19.0 Å². The summed E-state index contributed by atoms with van der Waals surface area (Å²) in [6.07, 6.45) is 7.37. The minimum Gasteiger partial charge on any atom is -0.462 e. The predicted octanol–water partition coefficient (Wildman–Crippen LogP) is 3.93. The first-order valence-corrected chi connectivity index (χ1v) is 8.21. The van der Waals surface area contributed by atoms with E-state index in [0.29, 0.717) is 0 Å². The molecule has 1 N–H and O–H groups in total. The third-order valence-electron chi connectivity index (χ3n) is 3.89. The topological polar surface area (TPSA) is 42.0 Å². The first-order chi connectivity index (χ1) is 10.2. The lowest BCUT2D eigenvalue weighted by molar-refractivity contribution is 0.176. The quantitative estimate of drug-likeness (QED) is 0.525. The molecule has 1 heterocycles. The van der Waals surface area contributed by atoms with Gasteiger partial charge in [-0.15, -0.1) is 0 Å². The van der Waals surface area contributed by atoms with Gasteiger partial charge in [0.2, 0.25) is 6.29 Å². The van der Waals surface area contributed by atoms with Gasteiger partial charge in [-0.1, -0.05) is 51.7 Å². The molecule has 0 amide bonds. The van der Waals surface area contributed by atoms with Crippen LogP contribution in [0.1, 0.15) is 51.5 Å². The van der Waals surface area contributed by atoms with Crippen LogP contribution in [0.4, 0.5) is 0 Å². The Morgan fingerprint density at radius 1 is 1.10 bits per heavy atom. The molecule has 1 aliphatic heterocycles. The van der Waals surface area contributed by atoms with Crippen LogP contribution in [0.15, 0.2) is 24.3 Å². The Bertz CT molecular complexity index is 399. The number of aryl methyl sites for hydroxylation is 1. The van der Waals surface area contributed by atoms with Crippen LogP contribution in [-0.4, -0.2) is 24.1 Å². The zero-order chi connectivity index (χ0) is 15.1. The number of epoxide rings is 1. The van der Waals surface area contributed by atoms with E-state index in [9.17, 15) is 0 Å². The van der Waals surface area contributed by atoms with Crippen LogP contribution in [0.2, 0.25) is 0 Å². The molecule has 2 atom stereocenters. The monoisotopic (exact) mass is 292 g/mol. The SMILES string of the molecule is CC(C)CCCCCCc1ccc(OC2OC2CO)cc1. The Labute approximate surface area is 128 Å². The second-order valence-corrected chi connectivity index (χ2v) is 6.33. The Morgan fingerprint density at radius 2 is 1.81 bits per heavy atom. The lowest BCUT2D eigenvalue weighted by atomic mass is 10.0. The van der Waals surface area contributed by atoms with Gasteiger partial charge in [-0.25, -0.2) is 0 Å². The van der Waals surface area contributed by atoms with Crippen molar-refractivity contribution in [2.45, 2.75) is 64.8 Å². The normalized spacial score (nSPS) is 20.8. The number of ether oxygens (including phenoxy) is 2. The predicted molar refractivity (Wildman–Crippen MR) is 84.4 cm³/mol. The molecule has 3 heteroatoms. The molecule has 21 heavy (non-hydrogen) atoms. The maximum absolute atomic E-state index is 8.88. The standard InChI is InChI=1S/C18H28O3/c1-14(2)7-5-3-4-6-8-15-9-11-16(12-10-15)20-18-17(13-19)21-18/h9-12,14,17-19H,3-8,13H2,1-2H3. The molecule has 0 bridgehead atoms. The van der Waals surface area contributed by atoms with Gasteiger partial charge in [-0.05, 0) is 36.5 Å².